The van der Waals surface area contributed by atoms with E-state index in [9.17, 15) is 0 Å². The third-order valence-electron chi connectivity index (χ3n) is 1.58. The largest absolute Gasteiger partial charge is 0.307 e. The van der Waals surface area contributed by atoms with Gasteiger partial charge in [0.2, 0.25) is 0 Å². The third-order valence-corrected chi connectivity index (χ3v) is 1.58. The number of aromatic nitrogens is 2. The fourth-order valence-corrected chi connectivity index (χ4v) is 1.07. The summed E-state index contributed by atoms with van der Waals surface area (Å²) in [5, 5.41) is 4.04. The zero-order valence-corrected chi connectivity index (χ0v) is 7.12. The molecule has 0 aliphatic heterocycles. The molecule has 1 aromatic rings. The van der Waals surface area contributed by atoms with Gasteiger partial charge in [-0.1, -0.05) is 13.3 Å². The van der Waals surface area contributed by atoms with Gasteiger partial charge in [-0.2, -0.15) is 9.89 Å². The highest BCUT2D eigenvalue weighted by Crippen LogP contribution is 1.95. The van der Waals surface area contributed by atoms with Crippen LogP contribution in [0.4, 0.5) is 0 Å². The number of nitrogens with zero attached hydrogens (tertiary/aromatic N) is 2. The molecule has 1 rings (SSSR count). The zero-order chi connectivity index (χ0) is 8.10. The SMILES string of the molecule is CCCC(C)Nn1cccn1. The number of hydrogen-bond donors (Lipinski definition) is 1. The molecular formula is C8H15N3. The van der Waals surface area contributed by atoms with Crippen LogP contribution in [-0.4, -0.2) is 15.9 Å². The van der Waals surface area contributed by atoms with Crippen molar-refractivity contribution < 1.29 is 0 Å². The van der Waals surface area contributed by atoms with E-state index in [1.807, 2.05) is 12.3 Å². The van der Waals surface area contributed by atoms with Gasteiger partial charge < -0.3 is 5.43 Å². The van der Waals surface area contributed by atoms with Gasteiger partial charge in [-0.15, -0.1) is 0 Å². The first-order chi connectivity index (χ1) is 5.33. The van der Waals surface area contributed by atoms with Crippen molar-refractivity contribution in [2.45, 2.75) is 32.7 Å². The summed E-state index contributed by atoms with van der Waals surface area (Å²) >= 11 is 0. The second-order valence-corrected chi connectivity index (χ2v) is 2.77. The van der Waals surface area contributed by atoms with Gasteiger partial charge in [0.05, 0.1) is 6.20 Å². The van der Waals surface area contributed by atoms with Crippen molar-refractivity contribution in [3.8, 4) is 0 Å². The quantitative estimate of drug-likeness (QED) is 0.712. The number of hydrogen-bond acceptors (Lipinski definition) is 2. The lowest BCUT2D eigenvalue weighted by Gasteiger charge is -2.13. The molecule has 1 unspecified atom stereocenters. The molecule has 3 nitrogen and oxygen atoms in total. The highest BCUT2D eigenvalue weighted by molar-refractivity contribution is 4.83. The molecule has 0 aliphatic carbocycles. The monoisotopic (exact) mass is 153 g/mol. The van der Waals surface area contributed by atoms with E-state index >= 15 is 0 Å². The molecule has 0 aromatic carbocycles. The third kappa shape index (κ3) is 2.62. The molecule has 11 heavy (non-hydrogen) atoms. The smallest absolute Gasteiger partial charge is 0.0510 e. The van der Waals surface area contributed by atoms with E-state index in [1.54, 1.807) is 11.0 Å². The Hall–Kier alpha value is -0.990. The van der Waals surface area contributed by atoms with Gasteiger partial charge >= 0.3 is 0 Å². The molecule has 1 heterocycles. The summed E-state index contributed by atoms with van der Waals surface area (Å²) in [6, 6.07) is 2.41. The lowest BCUT2D eigenvalue weighted by atomic mass is 10.2. The molecule has 0 bridgehead atoms. The van der Waals surface area contributed by atoms with E-state index < -0.39 is 0 Å². The van der Waals surface area contributed by atoms with Crippen molar-refractivity contribution in [3.63, 3.8) is 0 Å². The van der Waals surface area contributed by atoms with Crippen molar-refractivity contribution >= 4 is 0 Å². The van der Waals surface area contributed by atoms with Crippen LogP contribution in [-0.2, 0) is 0 Å². The number of rotatable bonds is 4. The standard InChI is InChI=1S/C8H15N3/c1-3-5-8(2)10-11-7-4-6-9-11/h4,6-8,10H,3,5H2,1-2H3. The van der Waals surface area contributed by atoms with Crippen LogP contribution < -0.4 is 5.43 Å². The van der Waals surface area contributed by atoms with Crippen molar-refractivity contribution in [1.29, 1.82) is 0 Å². The van der Waals surface area contributed by atoms with Crippen molar-refractivity contribution in [2.24, 2.45) is 0 Å². The topological polar surface area (TPSA) is 29.9 Å². The predicted octanol–water partition coefficient (Wildman–Crippen LogP) is 1.62. The summed E-state index contributed by atoms with van der Waals surface area (Å²) in [5.74, 6) is 0. The molecule has 1 N–H and O–H groups in total. The van der Waals surface area contributed by atoms with Crippen LogP contribution in [0.2, 0.25) is 0 Å². The molecule has 1 atom stereocenters. The Balaban J connectivity index is 2.31. The van der Waals surface area contributed by atoms with E-state index in [1.165, 1.54) is 12.8 Å². The minimum atomic E-state index is 0.500. The summed E-state index contributed by atoms with van der Waals surface area (Å²) in [6.07, 6.45) is 6.06. The first kappa shape index (κ1) is 8.11. The average Bonchev–Trinajstić information content (AvgIpc) is 2.40. The van der Waals surface area contributed by atoms with Gasteiger partial charge in [-0.25, -0.2) is 0 Å². The van der Waals surface area contributed by atoms with Gasteiger partial charge in [0.25, 0.3) is 0 Å². The Morgan fingerprint density at radius 1 is 1.64 bits per heavy atom. The second-order valence-electron chi connectivity index (χ2n) is 2.77. The minimum absolute atomic E-state index is 0.500. The molecule has 0 saturated heterocycles. The van der Waals surface area contributed by atoms with Crippen LogP contribution in [0.15, 0.2) is 18.5 Å². The van der Waals surface area contributed by atoms with Crippen LogP contribution in [0.25, 0.3) is 0 Å². The Morgan fingerprint density at radius 2 is 2.45 bits per heavy atom. The van der Waals surface area contributed by atoms with Gasteiger partial charge in [-0.05, 0) is 19.4 Å². The van der Waals surface area contributed by atoms with Crippen molar-refractivity contribution in [1.82, 2.24) is 9.89 Å². The summed E-state index contributed by atoms with van der Waals surface area (Å²) in [7, 11) is 0. The maximum Gasteiger partial charge on any atom is 0.0510 e. The molecule has 0 radical (unpaired) electrons. The van der Waals surface area contributed by atoms with E-state index in [2.05, 4.69) is 24.4 Å². The fourth-order valence-electron chi connectivity index (χ4n) is 1.07. The number of nitrogens with one attached hydrogen (secondary N) is 1. The second kappa shape index (κ2) is 4.01. The van der Waals surface area contributed by atoms with E-state index in [0.717, 1.165) is 0 Å². The van der Waals surface area contributed by atoms with Gasteiger partial charge in [0.15, 0.2) is 0 Å². The normalized spacial score (nSPS) is 12.9. The molecule has 62 valence electrons. The predicted molar refractivity (Wildman–Crippen MR) is 46.0 cm³/mol. The lowest BCUT2D eigenvalue weighted by molar-refractivity contribution is 0.590. The summed E-state index contributed by atoms with van der Waals surface area (Å²) in [5.41, 5.74) is 3.23. The van der Waals surface area contributed by atoms with E-state index in [-0.39, 0.29) is 0 Å². The Kier molecular flexibility index (Phi) is 2.95. The lowest BCUT2D eigenvalue weighted by Crippen LogP contribution is -2.25. The van der Waals surface area contributed by atoms with Gasteiger partial charge in [-0.3, -0.25) is 0 Å². The summed E-state index contributed by atoms with van der Waals surface area (Å²) in [6.45, 7) is 4.34. The molecule has 0 fully saturated rings. The molecule has 0 saturated carbocycles. The van der Waals surface area contributed by atoms with Crippen LogP contribution in [0.5, 0.6) is 0 Å². The first-order valence-corrected chi connectivity index (χ1v) is 4.09. The van der Waals surface area contributed by atoms with Crippen molar-refractivity contribution in [2.75, 3.05) is 5.43 Å². The van der Waals surface area contributed by atoms with E-state index in [4.69, 9.17) is 0 Å². The molecule has 0 aliphatic rings. The van der Waals surface area contributed by atoms with Gasteiger partial charge in [0.1, 0.15) is 0 Å². The summed E-state index contributed by atoms with van der Waals surface area (Å²) in [4.78, 5) is 1.75. The van der Waals surface area contributed by atoms with Crippen LogP contribution in [0.1, 0.15) is 26.7 Å². The fraction of sp³-hybridized carbons (Fsp3) is 0.625. The molecular weight excluding hydrogens is 138 g/mol. The van der Waals surface area contributed by atoms with Crippen molar-refractivity contribution in [3.05, 3.63) is 18.5 Å². The Morgan fingerprint density at radius 3 is 3.00 bits per heavy atom. The highest BCUT2D eigenvalue weighted by atomic mass is 15.6. The molecule has 1 aromatic heterocycles. The highest BCUT2D eigenvalue weighted by Gasteiger charge is 1.97. The molecule has 0 amide bonds. The Labute approximate surface area is 67.4 Å². The minimum Gasteiger partial charge on any atom is -0.307 e. The summed E-state index contributed by atoms with van der Waals surface area (Å²) < 4.78 is 0. The average molecular weight is 153 g/mol. The van der Waals surface area contributed by atoms with Crippen LogP contribution >= 0.6 is 0 Å². The maximum absolute atomic E-state index is 4.04. The van der Waals surface area contributed by atoms with Gasteiger partial charge in [0, 0.05) is 12.2 Å². The van der Waals surface area contributed by atoms with Crippen LogP contribution in [0, 0.1) is 0 Å². The molecule has 3 heteroatoms. The zero-order valence-electron chi connectivity index (χ0n) is 7.12. The first-order valence-electron chi connectivity index (χ1n) is 4.09. The maximum atomic E-state index is 4.04. The molecule has 0 spiro atoms. The Bertz CT molecular complexity index is 181. The van der Waals surface area contributed by atoms with Crippen LogP contribution in [0.3, 0.4) is 0 Å². The van der Waals surface area contributed by atoms with E-state index in [0.29, 0.717) is 6.04 Å².